The van der Waals surface area contributed by atoms with E-state index in [1.54, 1.807) is 12.1 Å². The van der Waals surface area contributed by atoms with E-state index in [4.69, 9.17) is 0 Å². The van der Waals surface area contributed by atoms with Gasteiger partial charge in [-0.25, -0.2) is 9.78 Å². The van der Waals surface area contributed by atoms with Crippen LogP contribution in [0.15, 0.2) is 18.2 Å². The largest absolute Gasteiger partial charge is 0.478 e. The Balaban J connectivity index is 2.27. The van der Waals surface area contributed by atoms with Crippen LogP contribution in [0.25, 0.3) is 11.0 Å². The number of rotatable bonds is 4. The monoisotopic (exact) mass is 258 g/mol. The zero-order valence-electron chi connectivity index (χ0n) is 11.3. The van der Waals surface area contributed by atoms with Crippen LogP contribution >= 0.6 is 0 Å². The first-order chi connectivity index (χ1) is 9.13. The Bertz CT molecular complexity index is 645. The van der Waals surface area contributed by atoms with Gasteiger partial charge in [0.2, 0.25) is 0 Å². The fourth-order valence-corrected chi connectivity index (χ4v) is 2.79. The number of hydrogen-bond acceptors (Lipinski definition) is 2. The second kappa shape index (κ2) is 4.37. The van der Waals surface area contributed by atoms with E-state index >= 15 is 0 Å². The summed E-state index contributed by atoms with van der Waals surface area (Å²) in [6.07, 6.45) is 3.04. The molecule has 4 nitrogen and oxygen atoms in total. The van der Waals surface area contributed by atoms with Gasteiger partial charge in [-0.3, -0.25) is 0 Å². The molecular formula is C15H18N2O2. The van der Waals surface area contributed by atoms with E-state index in [0.29, 0.717) is 17.5 Å². The molecule has 4 heteroatoms. The van der Waals surface area contributed by atoms with E-state index in [2.05, 4.69) is 23.4 Å². The maximum absolute atomic E-state index is 11.4. The average molecular weight is 258 g/mol. The van der Waals surface area contributed by atoms with E-state index in [9.17, 15) is 9.90 Å². The number of aromatic carboxylic acids is 1. The van der Waals surface area contributed by atoms with Gasteiger partial charge in [-0.15, -0.1) is 0 Å². The van der Waals surface area contributed by atoms with Crippen molar-refractivity contribution >= 4 is 17.0 Å². The topological polar surface area (TPSA) is 55.1 Å². The summed E-state index contributed by atoms with van der Waals surface area (Å²) in [5, 5.41) is 9.37. The molecule has 3 rings (SSSR count). The quantitative estimate of drug-likeness (QED) is 0.915. The molecule has 1 aromatic heterocycles. The van der Waals surface area contributed by atoms with Crippen LogP contribution in [0, 0.1) is 5.92 Å². The lowest BCUT2D eigenvalue weighted by molar-refractivity contribution is 0.0698. The molecule has 1 N–H and O–H groups in total. The molecule has 2 aromatic rings. The van der Waals surface area contributed by atoms with Crippen LogP contribution < -0.4 is 0 Å². The number of carboxylic acids is 1. The van der Waals surface area contributed by atoms with Gasteiger partial charge in [0, 0.05) is 12.5 Å². The Kier molecular flexibility index (Phi) is 2.81. The molecule has 19 heavy (non-hydrogen) atoms. The van der Waals surface area contributed by atoms with Gasteiger partial charge in [0.15, 0.2) is 0 Å². The van der Waals surface area contributed by atoms with Gasteiger partial charge in [-0.1, -0.05) is 19.9 Å². The first-order valence-corrected chi connectivity index (χ1v) is 6.86. The second-order valence-electron chi connectivity index (χ2n) is 5.41. The fourth-order valence-electron chi connectivity index (χ4n) is 2.79. The fraction of sp³-hybridized carbons (Fsp3) is 0.467. The molecule has 1 aliphatic rings. The van der Waals surface area contributed by atoms with Crippen LogP contribution in [-0.2, 0) is 6.42 Å². The van der Waals surface area contributed by atoms with E-state index < -0.39 is 5.97 Å². The molecule has 100 valence electrons. The summed E-state index contributed by atoms with van der Waals surface area (Å²) in [5.41, 5.74) is 1.97. The Morgan fingerprint density at radius 3 is 2.84 bits per heavy atom. The van der Waals surface area contributed by atoms with Crippen LogP contribution in [0.4, 0.5) is 0 Å². The van der Waals surface area contributed by atoms with Crippen molar-refractivity contribution in [1.29, 1.82) is 0 Å². The van der Waals surface area contributed by atoms with Gasteiger partial charge in [0.25, 0.3) is 0 Å². The van der Waals surface area contributed by atoms with Gasteiger partial charge >= 0.3 is 5.97 Å². The van der Waals surface area contributed by atoms with Crippen LogP contribution in [-0.4, -0.2) is 20.6 Å². The van der Waals surface area contributed by atoms with E-state index in [1.165, 1.54) is 0 Å². The van der Waals surface area contributed by atoms with Crippen molar-refractivity contribution in [1.82, 2.24) is 9.55 Å². The smallest absolute Gasteiger partial charge is 0.337 e. The van der Waals surface area contributed by atoms with E-state index in [-0.39, 0.29) is 0 Å². The summed E-state index contributed by atoms with van der Waals surface area (Å²) in [7, 11) is 0. The molecule has 0 aliphatic heterocycles. The summed E-state index contributed by atoms with van der Waals surface area (Å²) >= 11 is 0. The summed E-state index contributed by atoms with van der Waals surface area (Å²) in [4.78, 5) is 16.1. The van der Waals surface area contributed by atoms with Crippen LogP contribution in [0.1, 0.15) is 48.9 Å². The molecule has 0 spiro atoms. The standard InChI is InChI=1S/C15H18N2O2/c1-3-5-13-16-11-7-4-6-10(15(18)19)14(11)17(13)12-8-9(12)2/h4,6-7,9,12H,3,5,8H2,1-2H3,(H,18,19). The zero-order valence-corrected chi connectivity index (χ0v) is 11.3. The number of nitrogens with zero attached hydrogens (tertiary/aromatic N) is 2. The molecule has 2 atom stereocenters. The highest BCUT2D eigenvalue weighted by atomic mass is 16.4. The normalized spacial score (nSPS) is 21.8. The van der Waals surface area contributed by atoms with Crippen molar-refractivity contribution in [2.75, 3.05) is 0 Å². The minimum absolute atomic E-state index is 0.367. The van der Waals surface area contributed by atoms with E-state index in [1.807, 2.05) is 6.07 Å². The highest BCUT2D eigenvalue weighted by Crippen LogP contribution is 2.45. The van der Waals surface area contributed by atoms with Crippen molar-refractivity contribution < 1.29 is 9.90 Å². The number of benzene rings is 1. The lowest BCUT2D eigenvalue weighted by atomic mass is 10.2. The SMILES string of the molecule is CCCc1nc2cccc(C(=O)O)c2n1C1CC1C. The number of para-hydroxylation sites is 1. The van der Waals surface area contributed by atoms with Gasteiger partial charge in [0.1, 0.15) is 5.82 Å². The third kappa shape index (κ3) is 1.91. The number of aromatic nitrogens is 2. The van der Waals surface area contributed by atoms with Crippen molar-refractivity contribution in [3.63, 3.8) is 0 Å². The Hall–Kier alpha value is -1.84. The maximum atomic E-state index is 11.4. The van der Waals surface area contributed by atoms with Gasteiger partial charge in [-0.2, -0.15) is 0 Å². The van der Waals surface area contributed by atoms with Crippen LogP contribution in [0.5, 0.6) is 0 Å². The van der Waals surface area contributed by atoms with Crippen LogP contribution in [0.2, 0.25) is 0 Å². The highest BCUT2D eigenvalue weighted by Gasteiger charge is 2.37. The number of fused-ring (bicyclic) bond motifs is 1. The second-order valence-corrected chi connectivity index (χ2v) is 5.41. The van der Waals surface area contributed by atoms with Gasteiger partial charge < -0.3 is 9.67 Å². The third-order valence-electron chi connectivity index (χ3n) is 3.89. The summed E-state index contributed by atoms with van der Waals surface area (Å²) in [5.74, 6) is 0.776. The molecule has 0 amide bonds. The molecule has 0 saturated heterocycles. The molecular weight excluding hydrogens is 240 g/mol. The van der Waals surface area contributed by atoms with E-state index in [0.717, 1.165) is 36.1 Å². The number of aryl methyl sites for hydroxylation is 1. The molecule has 2 unspecified atom stereocenters. The number of imidazole rings is 1. The van der Waals surface area contributed by atoms with Crippen molar-refractivity contribution in [2.45, 2.75) is 39.2 Å². The van der Waals surface area contributed by atoms with Crippen LogP contribution in [0.3, 0.4) is 0 Å². The molecule has 0 radical (unpaired) electrons. The number of carbonyl (C=O) groups is 1. The number of carboxylic acid groups (broad SMARTS) is 1. The molecule has 0 bridgehead atoms. The third-order valence-corrected chi connectivity index (χ3v) is 3.89. The van der Waals surface area contributed by atoms with Crippen molar-refractivity contribution in [3.05, 3.63) is 29.6 Å². The average Bonchev–Trinajstić information content (AvgIpc) is 2.97. The summed E-state index contributed by atoms with van der Waals surface area (Å²) in [6.45, 7) is 4.33. The first-order valence-electron chi connectivity index (χ1n) is 6.86. The Morgan fingerprint density at radius 1 is 1.53 bits per heavy atom. The molecule has 1 fully saturated rings. The molecule has 1 aromatic carbocycles. The predicted molar refractivity (Wildman–Crippen MR) is 73.5 cm³/mol. The Labute approximate surface area is 112 Å². The zero-order chi connectivity index (χ0) is 13.6. The molecule has 1 saturated carbocycles. The lowest BCUT2D eigenvalue weighted by Gasteiger charge is -2.09. The van der Waals surface area contributed by atoms with Gasteiger partial charge in [-0.05, 0) is 30.9 Å². The minimum atomic E-state index is -0.872. The maximum Gasteiger partial charge on any atom is 0.337 e. The first kappa shape index (κ1) is 12.2. The molecule has 1 heterocycles. The molecule has 1 aliphatic carbocycles. The summed E-state index contributed by atoms with van der Waals surface area (Å²) < 4.78 is 2.17. The summed E-state index contributed by atoms with van der Waals surface area (Å²) in [6, 6.07) is 5.78. The minimum Gasteiger partial charge on any atom is -0.478 e. The number of hydrogen-bond donors (Lipinski definition) is 1. The highest BCUT2D eigenvalue weighted by molar-refractivity contribution is 6.01. The van der Waals surface area contributed by atoms with Crippen molar-refractivity contribution in [3.8, 4) is 0 Å². The lowest BCUT2D eigenvalue weighted by Crippen LogP contribution is -2.06. The Morgan fingerprint density at radius 2 is 2.26 bits per heavy atom. The predicted octanol–water partition coefficient (Wildman–Crippen LogP) is 3.27. The van der Waals surface area contributed by atoms with Crippen molar-refractivity contribution in [2.24, 2.45) is 5.92 Å². The van der Waals surface area contributed by atoms with Gasteiger partial charge in [0.05, 0.1) is 16.6 Å².